The van der Waals surface area contributed by atoms with E-state index in [1.54, 1.807) is 7.05 Å². The normalized spacial score (nSPS) is 19.8. The van der Waals surface area contributed by atoms with Crippen LogP contribution >= 0.6 is 11.8 Å². The van der Waals surface area contributed by atoms with Gasteiger partial charge in [-0.1, -0.05) is 30.0 Å². The number of amides is 1. The second-order valence-corrected chi connectivity index (χ2v) is 5.08. The molecule has 90 valence electrons. The fourth-order valence-electron chi connectivity index (χ4n) is 1.67. The highest BCUT2D eigenvalue weighted by Crippen LogP contribution is 2.27. The molecule has 17 heavy (non-hydrogen) atoms. The number of hydrogen-bond acceptors (Lipinski definition) is 4. The fourth-order valence-corrected chi connectivity index (χ4v) is 2.68. The molecule has 0 spiro atoms. The van der Waals surface area contributed by atoms with Gasteiger partial charge in [-0.2, -0.15) is 0 Å². The third kappa shape index (κ3) is 2.79. The smallest absolute Gasteiger partial charge is 0.241 e. The maximum atomic E-state index is 11.7. The van der Waals surface area contributed by atoms with E-state index in [0.717, 1.165) is 18.7 Å². The number of thioether (sulfide) groups is 1. The van der Waals surface area contributed by atoms with Crippen LogP contribution in [0.4, 0.5) is 5.69 Å². The Bertz CT molecular complexity index is 421. The van der Waals surface area contributed by atoms with Gasteiger partial charge in [0.05, 0.1) is 5.25 Å². The van der Waals surface area contributed by atoms with Gasteiger partial charge >= 0.3 is 0 Å². The first-order valence-electron chi connectivity index (χ1n) is 5.50. The van der Waals surface area contributed by atoms with Crippen LogP contribution in [-0.4, -0.2) is 34.8 Å². The van der Waals surface area contributed by atoms with E-state index in [2.05, 4.69) is 5.32 Å². The van der Waals surface area contributed by atoms with E-state index in [4.69, 9.17) is 5.41 Å². The number of anilines is 1. The Hall–Kier alpha value is -1.49. The fraction of sp³-hybridized carbons (Fsp3) is 0.333. The molecule has 0 saturated carbocycles. The highest BCUT2D eigenvalue weighted by Gasteiger charge is 2.33. The van der Waals surface area contributed by atoms with E-state index in [9.17, 15) is 4.79 Å². The average molecular weight is 249 g/mol. The quantitative estimate of drug-likeness (QED) is 0.858. The van der Waals surface area contributed by atoms with Crippen molar-refractivity contribution in [1.29, 1.82) is 5.41 Å². The Morgan fingerprint density at radius 3 is 2.71 bits per heavy atom. The Balaban J connectivity index is 1.80. The Labute approximate surface area is 105 Å². The molecular formula is C12H15N3OS. The molecule has 5 heteroatoms. The number of carbonyl (C=O) groups excluding carboxylic acids is 1. The van der Waals surface area contributed by atoms with Crippen LogP contribution in [0.2, 0.25) is 0 Å². The minimum atomic E-state index is -0.108. The SMILES string of the molecule is CN1C(=N)SC(CCNc2ccccc2)C1=O. The number of para-hydroxylation sites is 1. The molecule has 2 N–H and O–H groups in total. The molecule has 1 fully saturated rings. The van der Waals surface area contributed by atoms with Crippen LogP contribution in [0, 0.1) is 5.41 Å². The number of hydrogen-bond donors (Lipinski definition) is 2. The van der Waals surface area contributed by atoms with Crippen molar-refractivity contribution in [1.82, 2.24) is 4.90 Å². The first-order valence-corrected chi connectivity index (χ1v) is 6.38. The van der Waals surface area contributed by atoms with Gasteiger partial charge in [0.2, 0.25) is 5.91 Å². The first kappa shape index (κ1) is 12.0. The van der Waals surface area contributed by atoms with Crippen molar-refractivity contribution in [2.24, 2.45) is 0 Å². The van der Waals surface area contributed by atoms with Gasteiger partial charge in [0.15, 0.2) is 5.17 Å². The topological polar surface area (TPSA) is 56.2 Å². The number of rotatable bonds is 4. The number of nitrogens with zero attached hydrogens (tertiary/aromatic N) is 1. The predicted molar refractivity (Wildman–Crippen MR) is 71.4 cm³/mol. The molecule has 2 rings (SSSR count). The van der Waals surface area contributed by atoms with Crippen molar-refractivity contribution in [2.45, 2.75) is 11.7 Å². The van der Waals surface area contributed by atoms with E-state index in [1.807, 2.05) is 30.3 Å². The lowest BCUT2D eigenvalue weighted by Crippen LogP contribution is -2.28. The van der Waals surface area contributed by atoms with E-state index in [-0.39, 0.29) is 11.2 Å². The van der Waals surface area contributed by atoms with E-state index >= 15 is 0 Å². The lowest BCUT2D eigenvalue weighted by atomic mass is 10.2. The van der Waals surface area contributed by atoms with Gasteiger partial charge in [0.25, 0.3) is 0 Å². The second kappa shape index (κ2) is 5.23. The van der Waals surface area contributed by atoms with Crippen molar-refractivity contribution in [3.05, 3.63) is 30.3 Å². The minimum Gasteiger partial charge on any atom is -0.385 e. The van der Waals surface area contributed by atoms with Crippen molar-refractivity contribution in [2.75, 3.05) is 18.9 Å². The third-order valence-electron chi connectivity index (χ3n) is 2.67. The summed E-state index contributed by atoms with van der Waals surface area (Å²) in [5.74, 6) is 0.0369. The monoisotopic (exact) mass is 249 g/mol. The van der Waals surface area contributed by atoms with E-state index in [0.29, 0.717) is 5.17 Å². The van der Waals surface area contributed by atoms with Crippen molar-refractivity contribution >= 4 is 28.5 Å². The number of amidine groups is 1. The van der Waals surface area contributed by atoms with Crippen LogP contribution in [0.15, 0.2) is 30.3 Å². The molecule has 1 heterocycles. The first-order chi connectivity index (χ1) is 8.18. The summed E-state index contributed by atoms with van der Waals surface area (Å²) in [6.07, 6.45) is 0.741. The Morgan fingerprint density at radius 2 is 2.12 bits per heavy atom. The zero-order valence-corrected chi connectivity index (χ0v) is 10.5. The summed E-state index contributed by atoms with van der Waals surface area (Å²) in [5.41, 5.74) is 1.06. The summed E-state index contributed by atoms with van der Waals surface area (Å²) in [6, 6.07) is 9.91. The molecule has 4 nitrogen and oxygen atoms in total. The van der Waals surface area contributed by atoms with Gasteiger partial charge in [-0.25, -0.2) is 0 Å². The summed E-state index contributed by atoms with van der Waals surface area (Å²) in [5, 5.41) is 11.1. The molecule has 1 aromatic rings. The molecule has 0 aromatic heterocycles. The van der Waals surface area contributed by atoms with Crippen LogP contribution < -0.4 is 5.32 Å². The summed E-state index contributed by atoms with van der Waals surface area (Å²) in [7, 11) is 1.66. The van der Waals surface area contributed by atoms with Gasteiger partial charge in [-0.05, 0) is 18.6 Å². The maximum absolute atomic E-state index is 11.7. The molecular weight excluding hydrogens is 234 g/mol. The average Bonchev–Trinajstić information content (AvgIpc) is 2.59. The van der Waals surface area contributed by atoms with Crippen LogP contribution in [0.1, 0.15) is 6.42 Å². The minimum absolute atomic E-state index is 0.0369. The molecule has 1 aliphatic rings. The lowest BCUT2D eigenvalue weighted by Gasteiger charge is -2.09. The summed E-state index contributed by atoms with van der Waals surface area (Å²) in [4.78, 5) is 13.1. The van der Waals surface area contributed by atoms with Crippen molar-refractivity contribution < 1.29 is 4.79 Å². The van der Waals surface area contributed by atoms with Crippen LogP contribution in [0.5, 0.6) is 0 Å². The zero-order valence-electron chi connectivity index (χ0n) is 9.64. The van der Waals surface area contributed by atoms with Gasteiger partial charge in [0, 0.05) is 19.3 Å². The van der Waals surface area contributed by atoms with Gasteiger partial charge in [0.1, 0.15) is 0 Å². The second-order valence-electron chi connectivity index (χ2n) is 3.89. The van der Waals surface area contributed by atoms with E-state index in [1.165, 1.54) is 16.7 Å². The largest absolute Gasteiger partial charge is 0.385 e. The molecule has 1 aromatic carbocycles. The van der Waals surface area contributed by atoms with E-state index < -0.39 is 0 Å². The molecule has 1 aliphatic heterocycles. The molecule has 1 saturated heterocycles. The maximum Gasteiger partial charge on any atom is 0.241 e. The zero-order chi connectivity index (χ0) is 12.3. The Kier molecular flexibility index (Phi) is 3.68. The molecule has 1 unspecified atom stereocenters. The number of nitrogens with one attached hydrogen (secondary N) is 2. The molecule has 1 amide bonds. The standard InChI is InChI=1S/C12H15N3OS/c1-15-11(16)10(17-12(15)13)7-8-14-9-5-3-2-4-6-9/h2-6,10,13-14H,7-8H2,1H3. The van der Waals surface area contributed by atoms with Gasteiger partial charge < -0.3 is 5.32 Å². The lowest BCUT2D eigenvalue weighted by molar-refractivity contribution is -0.125. The number of benzene rings is 1. The summed E-state index contributed by atoms with van der Waals surface area (Å²) in [6.45, 7) is 0.745. The molecule has 0 bridgehead atoms. The van der Waals surface area contributed by atoms with Gasteiger partial charge in [-0.3, -0.25) is 15.1 Å². The number of carbonyl (C=O) groups is 1. The summed E-state index contributed by atoms with van der Waals surface area (Å²) < 4.78 is 0. The highest BCUT2D eigenvalue weighted by molar-refractivity contribution is 8.15. The molecule has 1 atom stereocenters. The van der Waals surface area contributed by atoms with Crippen LogP contribution in [0.25, 0.3) is 0 Å². The molecule has 0 aliphatic carbocycles. The van der Waals surface area contributed by atoms with Crippen LogP contribution in [0.3, 0.4) is 0 Å². The molecule has 0 radical (unpaired) electrons. The van der Waals surface area contributed by atoms with Crippen LogP contribution in [-0.2, 0) is 4.79 Å². The van der Waals surface area contributed by atoms with Crippen molar-refractivity contribution in [3.8, 4) is 0 Å². The van der Waals surface area contributed by atoms with Gasteiger partial charge in [-0.15, -0.1) is 0 Å². The third-order valence-corrected chi connectivity index (χ3v) is 3.89. The summed E-state index contributed by atoms with van der Waals surface area (Å²) >= 11 is 1.34. The van der Waals surface area contributed by atoms with Crippen molar-refractivity contribution in [3.63, 3.8) is 0 Å². The Morgan fingerprint density at radius 1 is 1.41 bits per heavy atom. The predicted octanol–water partition coefficient (Wildman–Crippen LogP) is 2.00. The highest BCUT2D eigenvalue weighted by atomic mass is 32.2.